The minimum absolute atomic E-state index is 0.00725. The van der Waals surface area contributed by atoms with Gasteiger partial charge in [-0.05, 0) is 52.9 Å². The second kappa shape index (κ2) is 7.79. The van der Waals surface area contributed by atoms with Crippen LogP contribution in [0.2, 0.25) is 0 Å². The van der Waals surface area contributed by atoms with Crippen molar-refractivity contribution in [2.75, 3.05) is 6.61 Å². The largest absolute Gasteiger partial charge is 0.460 e. The molecule has 0 spiro atoms. The minimum Gasteiger partial charge on any atom is -0.460 e. The second-order valence-electron chi connectivity index (χ2n) is 6.52. The standard InChI is InChI=1S/C16H28O4/c1-5-6-13(17)11-19-14-9-7-12(8-10-14)15(18)20-16(2,3)4/h5,12-14,17H,1,6-11H2,2-4H3/t12?,13-,14?/m1/s1. The molecule has 0 unspecified atom stereocenters. The van der Waals surface area contributed by atoms with Crippen LogP contribution in [0.5, 0.6) is 0 Å². The predicted octanol–water partition coefficient (Wildman–Crippen LogP) is 2.84. The van der Waals surface area contributed by atoms with Gasteiger partial charge in [-0.3, -0.25) is 4.79 Å². The van der Waals surface area contributed by atoms with Gasteiger partial charge in [0.2, 0.25) is 0 Å². The number of esters is 1. The molecule has 0 heterocycles. The van der Waals surface area contributed by atoms with Crippen LogP contribution in [0.25, 0.3) is 0 Å². The summed E-state index contributed by atoms with van der Waals surface area (Å²) >= 11 is 0. The Morgan fingerprint density at radius 2 is 1.95 bits per heavy atom. The van der Waals surface area contributed by atoms with E-state index in [4.69, 9.17) is 9.47 Å². The predicted molar refractivity (Wildman–Crippen MR) is 78.4 cm³/mol. The number of aliphatic hydroxyl groups is 1. The van der Waals surface area contributed by atoms with Crippen LogP contribution in [0.3, 0.4) is 0 Å². The van der Waals surface area contributed by atoms with Crippen molar-refractivity contribution < 1.29 is 19.4 Å². The normalized spacial score (nSPS) is 25.0. The van der Waals surface area contributed by atoms with Crippen molar-refractivity contribution in [1.29, 1.82) is 0 Å². The third-order valence-electron chi connectivity index (χ3n) is 3.38. The zero-order valence-electron chi connectivity index (χ0n) is 12.9. The van der Waals surface area contributed by atoms with Gasteiger partial charge < -0.3 is 14.6 Å². The van der Waals surface area contributed by atoms with Crippen molar-refractivity contribution in [3.05, 3.63) is 12.7 Å². The van der Waals surface area contributed by atoms with Gasteiger partial charge in [0.05, 0.1) is 24.7 Å². The molecule has 1 saturated carbocycles. The molecular weight excluding hydrogens is 256 g/mol. The van der Waals surface area contributed by atoms with Crippen LogP contribution < -0.4 is 0 Å². The summed E-state index contributed by atoms with van der Waals surface area (Å²) in [4.78, 5) is 12.0. The number of carbonyl (C=O) groups is 1. The second-order valence-corrected chi connectivity index (χ2v) is 6.52. The summed E-state index contributed by atoms with van der Waals surface area (Å²) in [6.07, 6.45) is 5.22. The van der Waals surface area contributed by atoms with Gasteiger partial charge in [0.25, 0.3) is 0 Å². The fraction of sp³-hybridized carbons (Fsp3) is 0.812. The Balaban J connectivity index is 2.26. The summed E-state index contributed by atoms with van der Waals surface area (Å²) in [6, 6.07) is 0. The molecule has 1 fully saturated rings. The first kappa shape index (κ1) is 17.2. The molecule has 0 aromatic rings. The number of aliphatic hydroxyl groups excluding tert-OH is 1. The Kier molecular flexibility index (Phi) is 6.69. The summed E-state index contributed by atoms with van der Waals surface area (Å²) in [7, 11) is 0. The molecule has 1 rings (SSSR count). The van der Waals surface area contributed by atoms with Crippen molar-refractivity contribution >= 4 is 5.97 Å². The highest BCUT2D eigenvalue weighted by Crippen LogP contribution is 2.28. The van der Waals surface area contributed by atoms with Crippen molar-refractivity contribution in [2.45, 2.75) is 70.7 Å². The lowest BCUT2D eigenvalue weighted by Gasteiger charge is -2.30. The van der Waals surface area contributed by atoms with Gasteiger partial charge in [-0.2, -0.15) is 0 Å². The Labute approximate surface area is 122 Å². The molecule has 0 aliphatic heterocycles. The highest BCUT2D eigenvalue weighted by Gasteiger charge is 2.30. The highest BCUT2D eigenvalue weighted by atomic mass is 16.6. The molecular formula is C16H28O4. The quantitative estimate of drug-likeness (QED) is 0.602. The number of carbonyl (C=O) groups excluding carboxylic acids is 1. The Bertz CT molecular complexity index is 311. The topological polar surface area (TPSA) is 55.8 Å². The zero-order valence-corrected chi connectivity index (χ0v) is 12.9. The molecule has 0 aromatic carbocycles. The average molecular weight is 284 g/mol. The summed E-state index contributed by atoms with van der Waals surface area (Å²) in [6.45, 7) is 9.60. The van der Waals surface area contributed by atoms with E-state index >= 15 is 0 Å². The smallest absolute Gasteiger partial charge is 0.309 e. The lowest BCUT2D eigenvalue weighted by Crippen LogP contribution is -2.33. The van der Waals surface area contributed by atoms with E-state index in [1.807, 2.05) is 20.8 Å². The zero-order chi connectivity index (χ0) is 15.2. The molecule has 0 aromatic heterocycles. The summed E-state index contributed by atoms with van der Waals surface area (Å²) < 4.78 is 11.1. The first-order chi connectivity index (χ1) is 9.31. The van der Waals surface area contributed by atoms with Gasteiger partial charge in [0.1, 0.15) is 5.60 Å². The maximum atomic E-state index is 12.0. The first-order valence-corrected chi connectivity index (χ1v) is 7.45. The van der Waals surface area contributed by atoms with Crippen molar-refractivity contribution in [2.24, 2.45) is 5.92 Å². The van der Waals surface area contributed by atoms with E-state index in [2.05, 4.69) is 6.58 Å². The maximum Gasteiger partial charge on any atom is 0.309 e. The number of hydrogen-bond acceptors (Lipinski definition) is 4. The average Bonchev–Trinajstić information content (AvgIpc) is 2.35. The van der Waals surface area contributed by atoms with Crippen molar-refractivity contribution in [1.82, 2.24) is 0 Å². The van der Waals surface area contributed by atoms with Crippen molar-refractivity contribution in [3.8, 4) is 0 Å². The molecule has 0 amide bonds. The summed E-state index contributed by atoms with van der Waals surface area (Å²) in [5, 5.41) is 9.58. The van der Waals surface area contributed by atoms with E-state index in [9.17, 15) is 9.90 Å². The molecule has 1 N–H and O–H groups in total. The fourth-order valence-electron chi connectivity index (χ4n) is 2.36. The molecule has 1 atom stereocenters. The van der Waals surface area contributed by atoms with Gasteiger partial charge in [-0.1, -0.05) is 6.08 Å². The lowest BCUT2D eigenvalue weighted by atomic mass is 9.87. The summed E-state index contributed by atoms with van der Waals surface area (Å²) in [5.74, 6) is -0.102. The van der Waals surface area contributed by atoms with E-state index in [-0.39, 0.29) is 18.0 Å². The van der Waals surface area contributed by atoms with Gasteiger partial charge in [-0.15, -0.1) is 6.58 Å². The molecule has 0 saturated heterocycles. The third-order valence-corrected chi connectivity index (χ3v) is 3.38. The minimum atomic E-state index is -0.476. The molecule has 1 aliphatic rings. The van der Waals surface area contributed by atoms with Crippen molar-refractivity contribution in [3.63, 3.8) is 0 Å². The monoisotopic (exact) mass is 284 g/mol. The van der Waals surface area contributed by atoms with Gasteiger partial charge in [0, 0.05) is 0 Å². The molecule has 0 bridgehead atoms. The van der Waals surface area contributed by atoms with Crippen LogP contribution in [0.4, 0.5) is 0 Å². The SMILES string of the molecule is C=CC[C@@H](O)COC1CCC(C(=O)OC(C)(C)C)CC1. The third kappa shape index (κ3) is 6.53. The van der Waals surface area contributed by atoms with E-state index in [1.165, 1.54) is 0 Å². The molecule has 4 nitrogen and oxygen atoms in total. The maximum absolute atomic E-state index is 12.0. The lowest BCUT2D eigenvalue weighted by molar-refractivity contribution is -0.162. The van der Waals surface area contributed by atoms with Crippen LogP contribution in [-0.4, -0.2) is 35.5 Å². The van der Waals surface area contributed by atoms with Crippen LogP contribution in [0, 0.1) is 5.92 Å². The first-order valence-electron chi connectivity index (χ1n) is 7.45. The number of ether oxygens (including phenoxy) is 2. The molecule has 4 heteroatoms. The highest BCUT2D eigenvalue weighted by molar-refractivity contribution is 5.72. The van der Waals surface area contributed by atoms with Gasteiger partial charge >= 0.3 is 5.97 Å². The number of rotatable bonds is 6. The van der Waals surface area contributed by atoms with Crippen LogP contribution in [-0.2, 0) is 14.3 Å². The van der Waals surface area contributed by atoms with Gasteiger partial charge in [0.15, 0.2) is 0 Å². The Morgan fingerprint density at radius 3 is 2.45 bits per heavy atom. The van der Waals surface area contributed by atoms with E-state index in [0.29, 0.717) is 13.0 Å². The van der Waals surface area contributed by atoms with Crippen LogP contribution in [0.1, 0.15) is 52.9 Å². The number of hydrogen-bond donors (Lipinski definition) is 1. The summed E-state index contributed by atoms with van der Waals surface area (Å²) in [5.41, 5.74) is -0.417. The van der Waals surface area contributed by atoms with Gasteiger partial charge in [-0.25, -0.2) is 0 Å². The molecule has 20 heavy (non-hydrogen) atoms. The molecule has 1 aliphatic carbocycles. The molecule has 0 radical (unpaired) electrons. The Morgan fingerprint density at radius 1 is 1.35 bits per heavy atom. The van der Waals surface area contributed by atoms with E-state index in [1.54, 1.807) is 6.08 Å². The fourth-order valence-corrected chi connectivity index (χ4v) is 2.36. The van der Waals surface area contributed by atoms with Crippen LogP contribution >= 0.6 is 0 Å². The van der Waals surface area contributed by atoms with E-state index in [0.717, 1.165) is 25.7 Å². The Hall–Kier alpha value is -0.870. The van der Waals surface area contributed by atoms with E-state index < -0.39 is 11.7 Å². The van der Waals surface area contributed by atoms with Crippen LogP contribution in [0.15, 0.2) is 12.7 Å². The molecule has 116 valence electrons.